The highest BCUT2D eigenvalue weighted by Gasteiger charge is 2.15. The lowest BCUT2D eigenvalue weighted by atomic mass is 10.1. The second-order valence-corrected chi connectivity index (χ2v) is 6.68. The van der Waals surface area contributed by atoms with Crippen LogP contribution in [0.25, 0.3) is 27.8 Å². The molecule has 0 aliphatic carbocycles. The van der Waals surface area contributed by atoms with Gasteiger partial charge in [-0.1, -0.05) is 0 Å². The molecule has 0 aliphatic rings. The highest BCUT2D eigenvalue weighted by Crippen LogP contribution is 2.32. The molecule has 8 heteroatoms. The van der Waals surface area contributed by atoms with E-state index in [4.69, 9.17) is 4.74 Å². The Kier molecular flexibility index (Phi) is 3.65. The van der Waals surface area contributed by atoms with Crippen LogP contribution in [0.5, 0.6) is 5.75 Å². The summed E-state index contributed by atoms with van der Waals surface area (Å²) < 4.78 is 11.4. The molecule has 5 aromatic heterocycles. The summed E-state index contributed by atoms with van der Waals surface area (Å²) in [6, 6.07) is 8.03. The van der Waals surface area contributed by atoms with Crippen molar-refractivity contribution in [3.8, 4) is 16.9 Å². The van der Waals surface area contributed by atoms with Gasteiger partial charge in [-0.15, -0.1) is 0 Å². The van der Waals surface area contributed by atoms with E-state index in [0.717, 1.165) is 45.1 Å². The van der Waals surface area contributed by atoms with Gasteiger partial charge in [0.05, 0.1) is 31.1 Å². The molecule has 5 heterocycles. The SMILES string of the molecule is COc1ccnn2ccc(-c3cnc4nc(C)n(Cc5ccnn5C)c4c3)c12. The number of aromatic nitrogens is 7. The van der Waals surface area contributed by atoms with Crippen molar-refractivity contribution >= 4 is 16.7 Å². The Bertz CT molecular complexity index is 1310. The fourth-order valence-corrected chi connectivity index (χ4v) is 3.60. The van der Waals surface area contributed by atoms with E-state index in [-0.39, 0.29) is 0 Å². The van der Waals surface area contributed by atoms with Gasteiger partial charge in [-0.3, -0.25) is 4.68 Å². The molecule has 0 N–H and O–H groups in total. The molecule has 0 radical (unpaired) electrons. The second-order valence-electron chi connectivity index (χ2n) is 6.68. The summed E-state index contributed by atoms with van der Waals surface area (Å²) in [5.74, 6) is 1.69. The minimum absolute atomic E-state index is 0.686. The van der Waals surface area contributed by atoms with Crippen molar-refractivity contribution in [1.29, 1.82) is 0 Å². The third-order valence-electron chi connectivity index (χ3n) is 5.09. The van der Waals surface area contributed by atoms with Crippen LogP contribution in [-0.2, 0) is 13.6 Å². The molecule has 0 amide bonds. The van der Waals surface area contributed by atoms with Crippen LogP contribution in [0.3, 0.4) is 0 Å². The van der Waals surface area contributed by atoms with E-state index in [1.54, 1.807) is 19.5 Å². The van der Waals surface area contributed by atoms with Crippen LogP contribution in [0.2, 0.25) is 0 Å². The molecule has 8 nitrogen and oxygen atoms in total. The zero-order valence-electron chi connectivity index (χ0n) is 15.9. The van der Waals surface area contributed by atoms with Crippen molar-refractivity contribution < 1.29 is 4.74 Å². The maximum atomic E-state index is 5.54. The Labute approximate surface area is 161 Å². The Morgan fingerprint density at radius 1 is 1.11 bits per heavy atom. The van der Waals surface area contributed by atoms with Gasteiger partial charge >= 0.3 is 0 Å². The van der Waals surface area contributed by atoms with Gasteiger partial charge < -0.3 is 9.30 Å². The minimum Gasteiger partial charge on any atom is -0.494 e. The summed E-state index contributed by atoms with van der Waals surface area (Å²) in [6.45, 7) is 2.68. The van der Waals surface area contributed by atoms with Crippen LogP contribution in [0.1, 0.15) is 11.5 Å². The molecule has 5 rings (SSSR count). The van der Waals surface area contributed by atoms with Crippen LogP contribution >= 0.6 is 0 Å². The first-order valence-electron chi connectivity index (χ1n) is 8.96. The molecule has 0 bridgehead atoms. The Morgan fingerprint density at radius 3 is 2.75 bits per heavy atom. The lowest BCUT2D eigenvalue weighted by Crippen LogP contribution is -2.07. The first-order valence-corrected chi connectivity index (χ1v) is 8.96. The van der Waals surface area contributed by atoms with Crippen molar-refractivity contribution in [2.75, 3.05) is 7.11 Å². The van der Waals surface area contributed by atoms with E-state index >= 15 is 0 Å². The minimum atomic E-state index is 0.686. The summed E-state index contributed by atoms with van der Waals surface area (Å²) in [6.07, 6.45) is 7.31. The smallest absolute Gasteiger partial charge is 0.177 e. The number of methoxy groups -OCH3 is 1. The lowest BCUT2D eigenvalue weighted by Gasteiger charge is -2.09. The van der Waals surface area contributed by atoms with Gasteiger partial charge in [-0.2, -0.15) is 10.2 Å². The molecule has 0 spiro atoms. The van der Waals surface area contributed by atoms with E-state index < -0.39 is 0 Å². The van der Waals surface area contributed by atoms with Crippen LogP contribution in [-0.4, -0.2) is 41.0 Å². The van der Waals surface area contributed by atoms with Crippen LogP contribution in [0, 0.1) is 6.92 Å². The number of hydrogen-bond acceptors (Lipinski definition) is 5. The molecule has 0 unspecified atom stereocenters. The number of aryl methyl sites for hydroxylation is 2. The molecule has 0 aromatic carbocycles. The molecular formula is C20H19N7O. The summed E-state index contributed by atoms with van der Waals surface area (Å²) >= 11 is 0. The number of imidazole rings is 1. The zero-order chi connectivity index (χ0) is 19.3. The number of nitrogens with zero attached hydrogens (tertiary/aromatic N) is 7. The lowest BCUT2D eigenvalue weighted by molar-refractivity contribution is 0.417. The maximum Gasteiger partial charge on any atom is 0.177 e. The average molecular weight is 373 g/mol. The van der Waals surface area contributed by atoms with Gasteiger partial charge in [0.25, 0.3) is 0 Å². The number of ether oxygens (including phenoxy) is 1. The van der Waals surface area contributed by atoms with Crippen molar-refractivity contribution in [1.82, 2.24) is 33.9 Å². The number of hydrogen-bond donors (Lipinski definition) is 0. The fourth-order valence-electron chi connectivity index (χ4n) is 3.60. The predicted molar refractivity (Wildman–Crippen MR) is 105 cm³/mol. The largest absolute Gasteiger partial charge is 0.494 e. The molecule has 0 aliphatic heterocycles. The monoisotopic (exact) mass is 373 g/mol. The van der Waals surface area contributed by atoms with E-state index in [1.807, 2.05) is 53.8 Å². The zero-order valence-corrected chi connectivity index (χ0v) is 15.9. The number of rotatable bonds is 4. The van der Waals surface area contributed by atoms with E-state index in [2.05, 4.69) is 30.8 Å². The molecule has 0 atom stereocenters. The van der Waals surface area contributed by atoms with Crippen LogP contribution in [0.15, 0.2) is 49.1 Å². The molecule has 0 saturated heterocycles. The summed E-state index contributed by atoms with van der Waals surface area (Å²) in [5, 5.41) is 8.63. The summed E-state index contributed by atoms with van der Waals surface area (Å²) in [7, 11) is 3.61. The quantitative estimate of drug-likeness (QED) is 0.484. The maximum absolute atomic E-state index is 5.54. The molecule has 0 saturated carbocycles. The third-order valence-corrected chi connectivity index (χ3v) is 5.09. The van der Waals surface area contributed by atoms with Crippen molar-refractivity contribution in [3.63, 3.8) is 0 Å². The Hall–Kier alpha value is -3.68. The topological polar surface area (TPSA) is 75.1 Å². The predicted octanol–water partition coefficient (Wildman–Crippen LogP) is 2.84. The second kappa shape index (κ2) is 6.19. The van der Waals surface area contributed by atoms with E-state index in [1.165, 1.54) is 0 Å². The highest BCUT2D eigenvalue weighted by atomic mass is 16.5. The number of fused-ring (bicyclic) bond motifs is 2. The van der Waals surface area contributed by atoms with Gasteiger partial charge in [0.2, 0.25) is 0 Å². The first-order chi connectivity index (χ1) is 13.7. The van der Waals surface area contributed by atoms with Crippen molar-refractivity contribution in [2.24, 2.45) is 7.05 Å². The van der Waals surface area contributed by atoms with Crippen LogP contribution < -0.4 is 4.74 Å². The van der Waals surface area contributed by atoms with E-state index in [9.17, 15) is 0 Å². The molecule has 0 fully saturated rings. The van der Waals surface area contributed by atoms with E-state index in [0.29, 0.717) is 6.54 Å². The molecule has 28 heavy (non-hydrogen) atoms. The van der Waals surface area contributed by atoms with Gasteiger partial charge in [0.15, 0.2) is 5.65 Å². The van der Waals surface area contributed by atoms with Gasteiger partial charge in [0, 0.05) is 42.8 Å². The molecule has 140 valence electrons. The van der Waals surface area contributed by atoms with Crippen LogP contribution in [0.4, 0.5) is 0 Å². The highest BCUT2D eigenvalue weighted by molar-refractivity contribution is 5.88. The van der Waals surface area contributed by atoms with Crippen molar-refractivity contribution in [3.05, 3.63) is 60.6 Å². The van der Waals surface area contributed by atoms with Gasteiger partial charge in [-0.25, -0.2) is 14.5 Å². The first kappa shape index (κ1) is 16.5. The number of pyridine rings is 1. The molecular weight excluding hydrogens is 354 g/mol. The average Bonchev–Trinajstić information content (AvgIpc) is 3.39. The summed E-state index contributed by atoms with van der Waals surface area (Å²) in [5.41, 5.74) is 5.75. The fraction of sp³-hybridized carbons (Fsp3) is 0.200. The normalized spacial score (nSPS) is 11.5. The third kappa shape index (κ3) is 2.45. The van der Waals surface area contributed by atoms with Gasteiger partial charge in [0.1, 0.15) is 17.1 Å². The standard InChI is InChI=1S/C20H19N7O/c1-13-24-20-17(26(13)12-15-4-7-22-25(15)2)10-14(11-21-20)16-6-9-27-19(16)18(28-3)5-8-23-27/h4-11H,12H2,1-3H3. The van der Waals surface area contributed by atoms with Crippen molar-refractivity contribution in [2.45, 2.75) is 13.5 Å². The van der Waals surface area contributed by atoms with Gasteiger partial charge in [-0.05, 0) is 25.1 Å². The Morgan fingerprint density at radius 2 is 1.96 bits per heavy atom. The molecule has 5 aromatic rings. The Balaban J connectivity index is 1.68. The summed E-state index contributed by atoms with van der Waals surface area (Å²) in [4.78, 5) is 9.23.